The lowest BCUT2D eigenvalue weighted by Gasteiger charge is -2.30. The lowest BCUT2D eigenvalue weighted by molar-refractivity contribution is 0.0557. The molecule has 0 saturated heterocycles. The Kier molecular flexibility index (Phi) is 4.24. The van der Waals surface area contributed by atoms with Gasteiger partial charge in [-0.05, 0) is 19.3 Å². The van der Waals surface area contributed by atoms with Crippen molar-refractivity contribution in [2.75, 3.05) is 30.9 Å². The average molecular weight is 264 g/mol. The van der Waals surface area contributed by atoms with E-state index < -0.39 is 5.60 Å². The highest BCUT2D eigenvalue weighted by molar-refractivity contribution is 5.58. The summed E-state index contributed by atoms with van der Waals surface area (Å²) in [4.78, 5) is 10.7. The quantitative estimate of drug-likeness (QED) is 0.849. The van der Waals surface area contributed by atoms with E-state index in [-0.39, 0.29) is 0 Å². The molecule has 1 saturated carbocycles. The Morgan fingerprint density at radius 2 is 2.05 bits per heavy atom. The third-order valence-corrected chi connectivity index (χ3v) is 3.94. The van der Waals surface area contributed by atoms with Crippen LogP contribution in [-0.2, 0) is 6.42 Å². The molecule has 1 aliphatic carbocycles. The molecular formula is C14H24N4O. The summed E-state index contributed by atoms with van der Waals surface area (Å²) >= 11 is 0. The number of hydrogen-bond acceptors (Lipinski definition) is 5. The Labute approximate surface area is 115 Å². The molecule has 1 heterocycles. The van der Waals surface area contributed by atoms with Gasteiger partial charge < -0.3 is 15.3 Å². The molecule has 0 radical (unpaired) electrons. The molecular weight excluding hydrogens is 240 g/mol. The van der Waals surface area contributed by atoms with Crippen molar-refractivity contribution in [1.82, 2.24) is 9.97 Å². The van der Waals surface area contributed by atoms with Gasteiger partial charge in [0, 0.05) is 26.2 Å². The van der Waals surface area contributed by atoms with E-state index in [0.717, 1.165) is 49.3 Å². The number of nitrogens with zero attached hydrogens (tertiary/aromatic N) is 3. The van der Waals surface area contributed by atoms with Gasteiger partial charge in [0.15, 0.2) is 0 Å². The second-order valence-corrected chi connectivity index (χ2v) is 5.42. The highest BCUT2D eigenvalue weighted by Crippen LogP contribution is 2.32. The molecule has 1 aromatic rings. The first kappa shape index (κ1) is 14.1. The van der Waals surface area contributed by atoms with Gasteiger partial charge in [0.05, 0.1) is 5.60 Å². The lowest BCUT2D eigenvalue weighted by Crippen LogP contribution is -2.40. The second kappa shape index (κ2) is 5.74. The molecule has 0 unspecified atom stereocenters. The number of rotatable bonds is 5. The minimum Gasteiger partial charge on any atom is -0.388 e. The highest BCUT2D eigenvalue weighted by atomic mass is 16.3. The van der Waals surface area contributed by atoms with Crippen molar-refractivity contribution < 1.29 is 5.11 Å². The molecule has 106 valence electrons. The molecule has 0 aromatic carbocycles. The molecule has 19 heavy (non-hydrogen) atoms. The Bertz CT molecular complexity index is 429. The van der Waals surface area contributed by atoms with Gasteiger partial charge in [-0.1, -0.05) is 19.8 Å². The van der Waals surface area contributed by atoms with Gasteiger partial charge in [0.2, 0.25) is 0 Å². The third kappa shape index (κ3) is 2.97. The zero-order chi connectivity index (χ0) is 13.9. The minimum absolute atomic E-state index is 0.551. The van der Waals surface area contributed by atoms with E-state index >= 15 is 0 Å². The van der Waals surface area contributed by atoms with Crippen LogP contribution in [0.3, 0.4) is 0 Å². The molecule has 5 nitrogen and oxygen atoms in total. The summed E-state index contributed by atoms with van der Waals surface area (Å²) in [5.74, 6) is 1.79. The van der Waals surface area contributed by atoms with E-state index in [1.165, 1.54) is 0 Å². The average Bonchev–Trinajstić information content (AvgIpc) is 2.83. The fraction of sp³-hybridized carbons (Fsp3) is 0.714. The minimum atomic E-state index is -0.551. The first-order valence-electron chi connectivity index (χ1n) is 7.05. The number of nitrogens with one attached hydrogen (secondary N) is 1. The molecule has 5 heteroatoms. The number of hydrogen-bond donors (Lipinski definition) is 2. The molecule has 2 rings (SSSR count). The number of likely N-dealkylation sites (N-methyl/N-ethyl adjacent to an activating group) is 1. The lowest BCUT2D eigenvalue weighted by atomic mass is 10.0. The molecule has 1 fully saturated rings. The first-order chi connectivity index (χ1) is 9.09. The summed E-state index contributed by atoms with van der Waals surface area (Å²) in [7, 11) is 3.87. The molecule has 0 atom stereocenters. The van der Waals surface area contributed by atoms with Gasteiger partial charge in [-0.2, -0.15) is 0 Å². The molecule has 1 aromatic heterocycles. The monoisotopic (exact) mass is 264 g/mol. The van der Waals surface area contributed by atoms with Crippen LogP contribution < -0.4 is 10.2 Å². The van der Waals surface area contributed by atoms with E-state index in [2.05, 4.69) is 27.1 Å². The summed E-state index contributed by atoms with van der Waals surface area (Å²) in [6.07, 6.45) is 6.48. The van der Waals surface area contributed by atoms with Crippen molar-refractivity contribution in [3.05, 3.63) is 11.9 Å². The molecule has 0 spiro atoms. The van der Waals surface area contributed by atoms with Gasteiger partial charge in [-0.25, -0.2) is 9.97 Å². The van der Waals surface area contributed by atoms with E-state index in [1.807, 2.05) is 14.1 Å². The molecule has 0 amide bonds. The Hall–Kier alpha value is -1.36. The van der Waals surface area contributed by atoms with Crippen LogP contribution in [0.15, 0.2) is 6.33 Å². The van der Waals surface area contributed by atoms with Crippen LogP contribution in [0, 0.1) is 0 Å². The fourth-order valence-electron chi connectivity index (χ4n) is 2.98. The van der Waals surface area contributed by atoms with Crippen LogP contribution in [0.4, 0.5) is 11.6 Å². The van der Waals surface area contributed by atoms with Crippen molar-refractivity contribution in [1.29, 1.82) is 0 Å². The maximum absolute atomic E-state index is 10.5. The van der Waals surface area contributed by atoms with Gasteiger partial charge >= 0.3 is 0 Å². The predicted octanol–water partition coefficient (Wildman–Crippen LogP) is 1.82. The highest BCUT2D eigenvalue weighted by Gasteiger charge is 2.33. The Morgan fingerprint density at radius 1 is 1.37 bits per heavy atom. The standard InChI is InChI=1S/C14H24N4O/c1-4-11-12(15-2)16-10-17-13(11)18(3)9-14(19)7-5-6-8-14/h10,19H,4-9H2,1-3H3,(H,15,16,17). The first-order valence-corrected chi connectivity index (χ1v) is 7.05. The summed E-state index contributed by atoms with van der Waals surface area (Å²) in [5.41, 5.74) is 0.555. The van der Waals surface area contributed by atoms with Crippen molar-refractivity contribution >= 4 is 11.6 Å². The maximum Gasteiger partial charge on any atom is 0.137 e. The van der Waals surface area contributed by atoms with E-state index in [4.69, 9.17) is 0 Å². The molecule has 0 bridgehead atoms. The van der Waals surface area contributed by atoms with Crippen LogP contribution in [0.5, 0.6) is 0 Å². The Balaban J connectivity index is 2.20. The Morgan fingerprint density at radius 3 is 2.63 bits per heavy atom. The van der Waals surface area contributed by atoms with Crippen LogP contribution >= 0.6 is 0 Å². The molecule has 0 aliphatic heterocycles. The smallest absolute Gasteiger partial charge is 0.137 e. The normalized spacial score (nSPS) is 17.5. The van der Waals surface area contributed by atoms with Gasteiger partial charge in [-0.15, -0.1) is 0 Å². The number of anilines is 2. The van der Waals surface area contributed by atoms with Crippen molar-refractivity contribution in [2.24, 2.45) is 0 Å². The van der Waals surface area contributed by atoms with E-state index in [0.29, 0.717) is 6.54 Å². The van der Waals surface area contributed by atoms with Crippen LogP contribution in [0.2, 0.25) is 0 Å². The van der Waals surface area contributed by atoms with Crippen molar-refractivity contribution in [3.63, 3.8) is 0 Å². The van der Waals surface area contributed by atoms with Gasteiger partial charge in [0.1, 0.15) is 18.0 Å². The molecule has 1 aliphatic rings. The van der Waals surface area contributed by atoms with E-state index in [9.17, 15) is 5.11 Å². The summed E-state index contributed by atoms with van der Waals surface area (Å²) in [6, 6.07) is 0. The van der Waals surface area contributed by atoms with Crippen LogP contribution in [0.25, 0.3) is 0 Å². The molecule has 2 N–H and O–H groups in total. The van der Waals surface area contributed by atoms with Gasteiger partial charge in [-0.3, -0.25) is 0 Å². The second-order valence-electron chi connectivity index (χ2n) is 5.42. The predicted molar refractivity (Wildman–Crippen MR) is 77.6 cm³/mol. The zero-order valence-corrected chi connectivity index (χ0v) is 12.1. The van der Waals surface area contributed by atoms with E-state index in [1.54, 1.807) is 6.33 Å². The summed E-state index contributed by atoms with van der Waals surface area (Å²) in [5, 5.41) is 13.6. The van der Waals surface area contributed by atoms with Crippen LogP contribution in [-0.4, -0.2) is 41.3 Å². The maximum atomic E-state index is 10.5. The number of aliphatic hydroxyl groups is 1. The summed E-state index contributed by atoms with van der Waals surface area (Å²) in [6.45, 7) is 2.74. The van der Waals surface area contributed by atoms with Crippen molar-refractivity contribution in [3.8, 4) is 0 Å². The third-order valence-electron chi connectivity index (χ3n) is 3.94. The fourth-order valence-corrected chi connectivity index (χ4v) is 2.98. The van der Waals surface area contributed by atoms with Gasteiger partial charge in [0.25, 0.3) is 0 Å². The zero-order valence-electron chi connectivity index (χ0n) is 12.1. The number of aromatic nitrogens is 2. The topological polar surface area (TPSA) is 61.3 Å². The summed E-state index contributed by atoms with van der Waals surface area (Å²) < 4.78 is 0. The largest absolute Gasteiger partial charge is 0.388 e. The van der Waals surface area contributed by atoms with Crippen LogP contribution in [0.1, 0.15) is 38.2 Å². The van der Waals surface area contributed by atoms with Crippen molar-refractivity contribution in [2.45, 2.75) is 44.6 Å². The SMILES string of the molecule is CCc1c(NC)ncnc1N(C)CC1(O)CCCC1.